The molecule has 2 heterocycles. The first kappa shape index (κ1) is 17.6. The van der Waals surface area contributed by atoms with E-state index in [0.29, 0.717) is 22.6 Å². The second-order valence-electron chi connectivity index (χ2n) is 6.69. The van der Waals surface area contributed by atoms with E-state index in [0.717, 1.165) is 16.5 Å². The van der Waals surface area contributed by atoms with Gasteiger partial charge in [0.2, 0.25) is 10.0 Å². The Morgan fingerprint density at radius 1 is 0.897 bits per heavy atom. The van der Waals surface area contributed by atoms with Crippen molar-refractivity contribution < 1.29 is 8.42 Å². The second-order valence-corrected chi connectivity index (χ2v) is 8.46. The lowest BCUT2D eigenvalue weighted by Gasteiger charge is -2.06. The summed E-state index contributed by atoms with van der Waals surface area (Å²) in [6.45, 7) is 0.231. The van der Waals surface area contributed by atoms with Crippen molar-refractivity contribution in [1.82, 2.24) is 24.9 Å². The SMILES string of the molecule is O=S(=O)(NCc1ccccc1)c1ccc2nc(-c3n[nH]c4ccccc34)[nH]c2c1. The molecule has 0 aliphatic rings. The monoisotopic (exact) mass is 403 g/mol. The molecule has 0 aliphatic carbocycles. The van der Waals surface area contributed by atoms with Gasteiger partial charge in [0.05, 0.1) is 21.4 Å². The van der Waals surface area contributed by atoms with Crippen LogP contribution in [-0.4, -0.2) is 28.6 Å². The highest BCUT2D eigenvalue weighted by atomic mass is 32.2. The number of hydrogen-bond donors (Lipinski definition) is 3. The third-order valence-electron chi connectivity index (χ3n) is 4.77. The van der Waals surface area contributed by atoms with Gasteiger partial charge in [-0.15, -0.1) is 0 Å². The molecule has 29 heavy (non-hydrogen) atoms. The van der Waals surface area contributed by atoms with Crippen molar-refractivity contribution in [2.75, 3.05) is 0 Å². The standard InChI is InChI=1S/C21H17N5O2S/c27-29(28,22-13-14-6-2-1-3-7-14)15-10-11-18-19(12-15)24-21(23-18)20-16-8-4-5-9-17(16)25-26-20/h1-12,22H,13H2,(H,23,24)(H,25,26). The van der Waals surface area contributed by atoms with Gasteiger partial charge in [0.15, 0.2) is 5.82 Å². The van der Waals surface area contributed by atoms with E-state index in [9.17, 15) is 8.42 Å². The van der Waals surface area contributed by atoms with Crippen LogP contribution in [0.3, 0.4) is 0 Å². The number of aromatic nitrogens is 4. The van der Waals surface area contributed by atoms with Crippen LogP contribution in [-0.2, 0) is 16.6 Å². The number of imidazole rings is 1. The van der Waals surface area contributed by atoms with Crippen LogP contribution in [0.4, 0.5) is 0 Å². The molecule has 0 saturated heterocycles. The zero-order valence-corrected chi connectivity index (χ0v) is 16.1. The van der Waals surface area contributed by atoms with Crippen molar-refractivity contribution in [2.45, 2.75) is 11.4 Å². The highest BCUT2D eigenvalue weighted by molar-refractivity contribution is 7.89. The fraction of sp³-hybridized carbons (Fsp3) is 0.0476. The molecule has 0 unspecified atom stereocenters. The number of sulfonamides is 1. The fourth-order valence-corrected chi connectivity index (χ4v) is 4.31. The number of H-pyrrole nitrogens is 2. The summed E-state index contributed by atoms with van der Waals surface area (Å²) in [5.74, 6) is 0.587. The molecule has 3 N–H and O–H groups in total. The summed E-state index contributed by atoms with van der Waals surface area (Å²) < 4.78 is 28.0. The van der Waals surface area contributed by atoms with Crippen molar-refractivity contribution in [3.8, 4) is 11.5 Å². The maximum absolute atomic E-state index is 12.7. The summed E-state index contributed by atoms with van der Waals surface area (Å²) in [5.41, 5.74) is 3.81. The van der Waals surface area contributed by atoms with Crippen LogP contribution in [0.2, 0.25) is 0 Å². The van der Waals surface area contributed by atoms with Crippen LogP contribution < -0.4 is 4.72 Å². The minimum Gasteiger partial charge on any atom is -0.337 e. The second kappa shape index (κ2) is 6.84. The van der Waals surface area contributed by atoms with Crippen LogP contribution in [0.5, 0.6) is 0 Å². The molecular weight excluding hydrogens is 386 g/mol. The molecule has 3 aromatic carbocycles. The van der Waals surface area contributed by atoms with Gasteiger partial charge in [0.25, 0.3) is 0 Å². The summed E-state index contributed by atoms with van der Waals surface area (Å²) in [4.78, 5) is 7.94. The molecule has 0 radical (unpaired) electrons. The molecule has 8 heteroatoms. The zero-order valence-electron chi connectivity index (χ0n) is 15.3. The predicted octanol–water partition coefficient (Wildman–Crippen LogP) is 3.58. The Bertz CT molecular complexity index is 1420. The molecular formula is C21H17N5O2S. The number of benzene rings is 3. The van der Waals surface area contributed by atoms with Gasteiger partial charge in [-0.05, 0) is 29.8 Å². The largest absolute Gasteiger partial charge is 0.337 e. The van der Waals surface area contributed by atoms with Crippen LogP contribution in [0.25, 0.3) is 33.5 Å². The summed E-state index contributed by atoms with van der Waals surface area (Å²) >= 11 is 0. The normalized spacial score (nSPS) is 12.0. The molecule has 0 fully saturated rings. The van der Waals surface area contributed by atoms with Gasteiger partial charge >= 0.3 is 0 Å². The molecule has 0 atom stereocenters. The first-order chi connectivity index (χ1) is 14.1. The minimum absolute atomic E-state index is 0.183. The summed E-state index contributed by atoms with van der Waals surface area (Å²) in [7, 11) is -3.65. The van der Waals surface area contributed by atoms with Gasteiger partial charge in [-0.2, -0.15) is 5.10 Å². The lowest BCUT2D eigenvalue weighted by atomic mass is 10.2. The van der Waals surface area contributed by atoms with Crippen molar-refractivity contribution in [2.24, 2.45) is 0 Å². The zero-order chi connectivity index (χ0) is 19.8. The number of nitrogens with one attached hydrogen (secondary N) is 3. The Labute approximate surface area is 166 Å². The Balaban J connectivity index is 1.47. The quantitative estimate of drug-likeness (QED) is 0.417. The van der Waals surface area contributed by atoms with Crippen LogP contribution in [0.1, 0.15) is 5.56 Å². The molecule has 0 spiro atoms. The third kappa shape index (κ3) is 3.28. The average molecular weight is 403 g/mol. The van der Waals surface area contributed by atoms with Crippen molar-refractivity contribution in [3.05, 3.63) is 78.4 Å². The van der Waals surface area contributed by atoms with E-state index in [1.165, 1.54) is 0 Å². The van der Waals surface area contributed by atoms with E-state index in [4.69, 9.17) is 0 Å². The molecule has 5 aromatic rings. The number of fused-ring (bicyclic) bond motifs is 2. The smallest absolute Gasteiger partial charge is 0.240 e. The summed E-state index contributed by atoms with van der Waals surface area (Å²) in [6, 6.07) is 22.0. The molecule has 2 aromatic heterocycles. The first-order valence-electron chi connectivity index (χ1n) is 9.07. The lowest BCUT2D eigenvalue weighted by Crippen LogP contribution is -2.23. The van der Waals surface area contributed by atoms with E-state index in [1.807, 2.05) is 54.6 Å². The van der Waals surface area contributed by atoms with Gasteiger partial charge in [0, 0.05) is 11.9 Å². The maximum Gasteiger partial charge on any atom is 0.240 e. The van der Waals surface area contributed by atoms with Crippen molar-refractivity contribution in [1.29, 1.82) is 0 Å². The molecule has 5 rings (SSSR count). The van der Waals surface area contributed by atoms with E-state index >= 15 is 0 Å². The average Bonchev–Trinajstić information content (AvgIpc) is 3.36. The van der Waals surface area contributed by atoms with E-state index in [1.54, 1.807) is 18.2 Å². The van der Waals surface area contributed by atoms with Crippen LogP contribution in [0, 0.1) is 0 Å². The number of hydrogen-bond acceptors (Lipinski definition) is 4. The fourth-order valence-electron chi connectivity index (χ4n) is 3.27. The topological polar surface area (TPSA) is 104 Å². The predicted molar refractivity (Wildman–Crippen MR) is 112 cm³/mol. The number of nitrogens with zero attached hydrogens (tertiary/aromatic N) is 2. The van der Waals surface area contributed by atoms with E-state index < -0.39 is 10.0 Å². The summed E-state index contributed by atoms with van der Waals surface area (Å²) in [5, 5.41) is 8.28. The maximum atomic E-state index is 12.7. The Morgan fingerprint density at radius 2 is 1.69 bits per heavy atom. The van der Waals surface area contributed by atoms with Gasteiger partial charge in [0.1, 0.15) is 5.69 Å². The molecule has 0 amide bonds. The van der Waals surface area contributed by atoms with Gasteiger partial charge < -0.3 is 4.98 Å². The highest BCUT2D eigenvalue weighted by Crippen LogP contribution is 2.27. The molecule has 7 nitrogen and oxygen atoms in total. The Hall–Kier alpha value is -3.49. The Morgan fingerprint density at radius 3 is 2.55 bits per heavy atom. The van der Waals surface area contributed by atoms with Crippen molar-refractivity contribution >= 4 is 32.0 Å². The molecule has 144 valence electrons. The van der Waals surface area contributed by atoms with E-state index in [2.05, 4.69) is 24.9 Å². The van der Waals surface area contributed by atoms with Crippen LogP contribution in [0.15, 0.2) is 77.7 Å². The summed E-state index contributed by atoms with van der Waals surface area (Å²) in [6.07, 6.45) is 0. The highest BCUT2D eigenvalue weighted by Gasteiger charge is 2.17. The van der Waals surface area contributed by atoms with Crippen LogP contribution >= 0.6 is 0 Å². The number of rotatable bonds is 5. The number of para-hydroxylation sites is 1. The first-order valence-corrected chi connectivity index (χ1v) is 10.6. The van der Waals surface area contributed by atoms with Gasteiger partial charge in [-0.25, -0.2) is 18.1 Å². The molecule has 0 aliphatic heterocycles. The minimum atomic E-state index is -3.65. The molecule has 0 saturated carbocycles. The molecule has 0 bridgehead atoms. The van der Waals surface area contributed by atoms with Gasteiger partial charge in [-0.1, -0.05) is 48.5 Å². The van der Waals surface area contributed by atoms with Crippen molar-refractivity contribution in [3.63, 3.8) is 0 Å². The van der Waals surface area contributed by atoms with E-state index in [-0.39, 0.29) is 11.4 Å². The Kier molecular flexibility index (Phi) is 4.15. The van der Waals surface area contributed by atoms with Gasteiger partial charge in [-0.3, -0.25) is 5.10 Å². The lowest BCUT2D eigenvalue weighted by molar-refractivity contribution is 0.581. The number of aromatic amines is 2. The third-order valence-corrected chi connectivity index (χ3v) is 6.17.